The van der Waals surface area contributed by atoms with Gasteiger partial charge in [0.15, 0.2) is 5.16 Å². The van der Waals surface area contributed by atoms with Gasteiger partial charge in [-0.15, -0.1) is 10.2 Å². The van der Waals surface area contributed by atoms with E-state index < -0.39 is 0 Å². The van der Waals surface area contributed by atoms with Crippen molar-refractivity contribution in [2.24, 2.45) is 0 Å². The van der Waals surface area contributed by atoms with Crippen LogP contribution < -0.4 is 5.56 Å². The number of hydrogen-bond acceptors (Lipinski definition) is 4. The van der Waals surface area contributed by atoms with Gasteiger partial charge in [0.1, 0.15) is 5.69 Å². The number of unbranched alkanes of at least 4 members (excludes halogenated alkanes) is 2. The first-order valence-electron chi connectivity index (χ1n) is 6.92. The lowest BCUT2D eigenvalue weighted by atomic mass is 10.1. The van der Waals surface area contributed by atoms with Gasteiger partial charge in [-0.25, -0.2) is 0 Å². The van der Waals surface area contributed by atoms with Gasteiger partial charge in [-0.2, -0.15) is 0 Å². The van der Waals surface area contributed by atoms with Gasteiger partial charge >= 0.3 is 0 Å². The number of benzene rings is 1. The van der Waals surface area contributed by atoms with Crippen LogP contribution in [0.1, 0.15) is 37.4 Å². The van der Waals surface area contributed by atoms with Crippen LogP contribution >= 0.6 is 11.8 Å². The molecule has 0 saturated heterocycles. The highest BCUT2D eigenvalue weighted by Crippen LogP contribution is 2.13. The van der Waals surface area contributed by atoms with Crippen LogP contribution in [0, 0.1) is 0 Å². The van der Waals surface area contributed by atoms with E-state index in [2.05, 4.69) is 22.1 Å². The molecule has 5 heteroatoms. The molecule has 1 heterocycles. The van der Waals surface area contributed by atoms with E-state index >= 15 is 0 Å². The fourth-order valence-corrected chi connectivity index (χ4v) is 2.64. The van der Waals surface area contributed by atoms with E-state index in [-0.39, 0.29) is 5.56 Å². The molecular weight excluding hydrogens is 270 g/mol. The number of rotatable bonds is 7. The number of H-pyrrole nitrogens is 1. The topological polar surface area (TPSA) is 58.6 Å². The summed E-state index contributed by atoms with van der Waals surface area (Å²) in [6, 6.07) is 9.82. The van der Waals surface area contributed by atoms with Crippen molar-refractivity contribution in [3.63, 3.8) is 0 Å². The molecule has 0 atom stereocenters. The molecule has 20 heavy (non-hydrogen) atoms. The van der Waals surface area contributed by atoms with Crippen molar-refractivity contribution >= 4 is 11.8 Å². The van der Waals surface area contributed by atoms with Gasteiger partial charge in [-0.3, -0.25) is 9.78 Å². The Bertz CT molecular complexity index is 583. The lowest BCUT2D eigenvalue weighted by Crippen LogP contribution is -2.17. The van der Waals surface area contributed by atoms with E-state index in [9.17, 15) is 4.79 Å². The lowest BCUT2D eigenvalue weighted by Gasteiger charge is -2.02. The van der Waals surface area contributed by atoms with Gasteiger partial charge in [0.2, 0.25) is 0 Å². The first-order chi connectivity index (χ1) is 9.79. The van der Waals surface area contributed by atoms with Crippen molar-refractivity contribution in [3.8, 4) is 0 Å². The molecule has 0 spiro atoms. The minimum Gasteiger partial charge on any atom is -0.298 e. The van der Waals surface area contributed by atoms with Crippen LogP contribution in [0.25, 0.3) is 0 Å². The maximum Gasteiger partial charge on any atom is 0.273 e. The van der Waals surface area contributed by atoms with Crippen molar-refractivity contribution in [3.05, 3.63) is 51.9 Å². The van der Waals surface area contributed by atoms with Crippen LogP contribution in [0.2, 0.25) is 0 Å². The number of nitrogens with one attached hydrogen (secondary N) is 1. The zero-order chi connectivity index (χ0) is 14.2. The number of aromatic nitrogens is 3. The third-order valence-corrected chi connectivity index (χ3v) is 3.90. The first-order valence-corrected chi connectivity index (χ1v) is 7.90. The van der Waals surface area contributed by atoms with Crippen LogP contribution in [-0.4, -0.2) is 20.9 Å². The van der Waals surface area contributed by atoms with Gasteiger partial charge < -0.3 is 0 Å². The lowest BCUT2D eigenvalue weighted by molar-refractivity contribution is 0.760. The summed E-state index contributed by atoms with van der Waals surface area (Å²) in [6.07, 6.45) is 4.05. The molecule has 0 unspecified atom stereocenters. The molecule has 1 aromatic heterocycles. The average molecular weight is 289 g/mol. The van der Waals surface area contributed by atoms with Gasteiger partial charge in [-0.05, 0) is 12.0 Å². The number of nitrogens with zero attached hydrogens (tertiary/aromatic N) is 2. The summed E-state index contributed by atoms with van der Waals surface area (Å²) in [4.78, 5) is 14.8. The quantitative estimate of drug-likeness (QED) is 0.628. The van der Waals surface area contributed by atoms with E-state index in [1.54, 1.807) is 11.8 Å². The Morgan fingerprint density at radius 2 is 1.95 bits per heavy atom. The van der Waals surface area contributed by atoms with Crippen LogP contribution in [0.5, 0.6) is 0 Å². The molecule has 2 rings (SSSR count). The Hall–Kier alpha value is -1.62. The Morgan fingerprint density at radius 3 is 2.65 bits per heavy atom. The fraction of sp³-hybridized carbons (Fsp3) is 0.400. The molecule has 0 aliphatic rings. The summed E-state index contributed by atoms with van der Waals surface area (Å²) in [7, 11) is 0. The molecule has 0 aliphatic carbocycles. The Balaban J connectivity index is 1.97. The molecule has 0 bridgehead atoms. The number of hydrogen-bond donors (Lipinski definition) is 1. The van der Waals surface area contributed by atoms with Crippen LogP contribution in [0.4, 0.5) is 0 Å². The molecule has 0 aliphatic heterocycles. The van der Waals surface area contributed by atoms with E-state index in [0.29, 0.717) is 17.3 Å². The van der Waals surface area contributed by atoms with Crippen molar-refractivity contribution in [1.29, 1.82) is 0 Å². The number of thioether (sulfide) groups is 1. The Morgan fingerprint density at radius 1 is 1.15 bits per heavy atom. The second-order valence-corrected chi connectivity index (χ2v) is 5.71. The summed E-state index contributed by atoms with van der Waals surface area (Å²) in [5, 5.41) is 8.76. The van der Waals surface area contributed by atoms with Crippen LogP contribution in [-0.2, 0) is 6.42 Å². The average Bonchev–Trinajstić information content (AvgIpc) is 2.47. The molecule has 0 fully saturated rings. The van der Waals surface area contributed by atoms with Gasteiger partial charge in [0.05, 0.1) is 0 Å². The second kappa shape index (κ2) is 7.85. The molecular formula is C15H19N3OS. The third kappa shape index (κ3) is 4.49. The molecule has 4 nitrogen and oxygen atoms in total. The van der Waals surface area contributed by atoms with Crippen molar-refractivity contribution < 1.29 is 0 Å². The van der Waals surface area contributed by atoms with Crippen LogP contribution in [0.3, 0.4) is 0 Å². The maximum absolute atomic E-state index is 12.0. The highest BCUT2D eigenvalue weighted by atomic mass is 32.2. The molecule has 0 radical (unpaired) electrons. The highest BCUT2D eigenvalue weighted by molar-refractivity contribution is 7.99. The van der Waals surface area contributed by atoms with Gasteiger partial charge in [0.25, 0.3) is 5.56 Å². The highest BCUT2D eigenvalue weighted by Gasteiger charge is 2.06. The summed E-state index contributed by atoms with van der Waals surface area (Å²) in [5.74, 6) is 0.969. The first kappa shape index (κ1) is 14.8. The molecule has 1 N–H and O–H groups in total. The molecule has 1 aromatic carbocycles. The predicted octanol–water partition coefficient (Wildman–Crippen LogP) is 3.04. The normalized spacial score (nSPS) is 10.7. The van der Waals surface area contributed by atoms with E-state index in [1.165, 1.54) is 12.8 Å². The minimum absolute atomic E-state index is 0.137. The van der Waals surface area contributed by atoms with E-state index in [1.807, 2.05) is 30.3 Å². The molecule has 0 saturated carbocycles. The summed E-state index contributed by atoms with van der Waals surface area (Å²) >= 11 is 1.56. The Labute approximate surface area is 123 Å². The largest absolute Gasteiger partial charge is 0.298 e. The zero-order valence-electron chi connectivity index (χ0n) is 11.6. The molecule has 0 amide bonds. The standard InChI is InChI=1S/C15H19N3OS/c1-2-3-7-10-20-15-16-14(19)13(17-18-15)11-12-8-5-4-6-9-12/h4-6,8-9H,2-3,7,10-11H2,1H3,(H,16,18,19). The third-order valence-electron chi connectivity index (χ3n) is 2.95. The van der Waals surface area contributed by atoms with Crippen molar-refractivity contribution in [1.82, 2.24) is 15.2 Å². The van der Waals surface area contributed by atoms with E-state index in [4.69, 9.17) is 0 Å². The van der Waals surface area contributed by atoms with E-state index in [0.717, 1.165) is 17.7 Å². The van der Waals surface area contributed by atoms with Crippen molar-refractivity contribution in [2.75, 3.05) is 5.75 Å². The predicted molar refractivity (Wildman–Crippen MR) is 82.1 cm³/mol. The minimum atomic E-state index is -0.137. The van der Waals surface area contributed by atoms with Gasteiger partial charge in [-0.1, -0.05) is 61.9 Å². The monoisotopic (exact) mass is 289 g/mol. The second-order valence-electron chi connectivity index (χ2n) is 4.62. The fourth-order valence-electron chi connectivity index (χ4n) is 1.84. The Kier molecular flexibility index (Phi) is 5.80. The summed E-state index contributed by atoms with van der Waals surface area (Å²) in [6.45, 7) is 2.17. The zero-order valence-corrected chi connectivity index (χ0v) is 12.4. The summed E-state index contributed by atoms with van der Waals surface area (Å²) < 4.78 is 0. The number of aromatic amines is 1. The molecule has 106 valence electrons. The SMILES string of the molecule is CCCCCSc1nnc(Cc2ccccc2)c(=O)[nH]1. The van der Waals surface area contributed by atoms with Gasteiger partial charge in [0, 0.05) is 12.2 Å². The summed E-state index contributed by atoms with van der Waals surface area (Å²) in [5.41, 5.74) is 1.40. The molecule has 2 aromatic rings. The smallest absolute Gasteiger partial charge is 0.273 e. The maximum atomic E-state index is 12.0. The van der Waals surface area contributed by atoms with Crippen molar-refractivity contribution in [2.45, 2.75) is 37.8 Å². The van der Waals surface area contributed by atoms with Crippen LogP contribution in [0.15, 0.2) is 40.3 Å².